The van der Waals surface area contributed by atoms with E-state index in [1.54, 1.807) is 13.0 Å². The minimum absolute atomic E-state index is 0. The van der Waals surface area contributed by atoms with E-state index >= 15 is 0 Å². The Morgan fingerprint density at radius 1 is 1.64 bits per heavy atom. The van der Waals surface area contributed by atoms with Gasteiger partial charge in [-0.05, 0) is 0 Å². The zero-order chi connectivity index (χ0) is 10.0. The van der Waals surface area contributed by atoms with Gasteiger partial charge in [0.25, 0.3) is 0 Å². The SMILES string of the molecule is COc1[c-]cc(C)c(N)c1[N+](=O)[O-].[Y]. The molecule has 6 heteroatoms. The number of anilines is 1. The summed E-state index contributed by atoms with van der Waals surface area (Å²) in [6, 6.07) is 4.19. The molecule has 0 unspecified atom stereocenters. The molecule has 2 N–H and O–H groups in total. The first-order valence-electron chi connectivity index (χ1n) is 3.57. The van der Waals surface area contributed by atoms with Crippen LogP contribution >= 0.6 is 0 Å². The number of nitrogen functional groups attached to an aromatic ring is 1. The monoisotopic (exact) mass is 270 g/mol. The van der Waals surface area contributed by atoms with Gasteiger partial charge >= 0.3 is 0 Å². The zero-order valence-corrected chi connectivity index (χ0v) is 10.7. The molecule has 0 aliphatic carbocycles. The van der Waals surface area contributed by atoms with Crippen LogP contribution < -0.4 is 10.5 Å². The van der Waals surface area contributed by atoms with Gasteiger partial charge in [0.15, 0.2) is 0 Å². The maximum atomic E-state index is 10.6. The molecule has 0 saturated heterocycles. The van der Waals surface area contributed by atoms with E-state index in [-0.39, 0.29) is 49.8 Å². The van der Waals surface area contributed by atoms with Gasteiger partial charge in [-0.25, -0.2) is 0 Å². The third-order valence-corrected chi connectivity index (χ3v) is 1.70. The van der Waals surface area contributed by atoms with Crippen LogP contribution in [0.2, 0.25) is 0 Å². The van der Waals surface area contributed by atoms with Crippen LogP contribution in [0, 0.1) is 23.1 Å². The predicted octanol–water partition coefficient (Wildman–Crippen LogP) is 1.29. The third kappa shape index (κ3) is 2.42. The summed E-state index contributed by atoms with van der Waals surface area (Å²) in [5.74, 6) is 0.0631. The van der Waals surface area contributed by atoms with Gasteiger partial charge in [-0.15, -0.1) is 11.6 Å². The molecule has 14 heavy (non-hydrogen) atoms. The van der Waals surface area contributed by atoms with E-state index in [1.807, 2.05) is 0 Å². The summed E-state index contributed by atoms with van der Waals surface area (Å²) < 4.78 is 4.77. The molecule has 0 fully saturated rings. The minimum atomic E-state index is -0.572. The van der Waals surface area contributed by atoms with E-state index in [0.717, 1.165) is 0 Å². The van der Waals surface area contributed by atoms with E-state index in [0.29, 0.717) is 5.56 Å². The summed E-state index contributed by atoms with van der Waals surface area (Å²) in [5.41, 5.74) is 6.04. The van der Waals surface area contributed by atoms with E-state index in [4.69, 9.17) is 10.5 Å². The van der Waals surface area contributed by atoms with Crippen LogP contribution in [0.3, 0.4) is 0 Å². The van der Waals surface area contributed by atoms with Crippen LogP contribution in [-0.2, 0) is 32.7 Å². The van der Waals surface area contributed by atoms with E-state index in [1.165, 1.54) is 7.11 Å². The summed E-state index contributed by atoms with van der Waals surface area (Å²) >= 11 is 0. The summed E-state index contributed by atoms with van der Waals surface area (Å²) in [4.78, 5) is 10.0. The Balaban J connectivity index is 0.00000169. The number of hydrogen-bond donors (Lipinski definition) is 1. The fourth-order valence-corrected chi connectivity index (χ4v) is 0.966. The Morgan fingerprint density at radius 2 is 2.21 bits per heavy atom. The van der Waals surface area contributed by atoms with E-state index in [9.17, 15) is 10.1 Å². The molecule has 0 aliphatic heterocycles. The van der Waals surface area contributed by atoms with Crippen LogP contribution in [0.15, 0.2) is 6.07 Å². The van der Waals surface area contributed by atoms with E-state index < -0.39 is 4.92 Å². The molecule has 1 radical (unpaired) electrons. The maximum absolute atomic E-state index is 10.6. The van der Waals surface area contributed by atoms with Crippen LogP contribution in [0.1, 0.15) is 5.56 Å². The molecule has 0 atom stereocenters. The molecule has 0 amide bonds. The first-order valence-corrected chi connectivity index (χ1v) is 3.57. The van der Waals surface area contributed by atoms with Crippen LogP contribution in [0.4, 0.5) is 11.4 Å². The fourth-order valence-electron chi connectivity index (χ4n) is 0.966. The quantitative estimate of drug-likeness (QED) is 0.380. The molecule has 1 aromatic carbocycles. The van der Waals surface area contributed by atoms with Crippen molar-refractivity contribution in [2.45, 2.75) is 6.92 Å². The Bertz CT molecular complexity index is 355. The number of ether oxygens (including phenoxy) is 1. The number of nitro benzene ring substituents is 1. The van der Waals surface area contributed by atoms with Gasteiger partial charge in [0.05, 0.1) is 12.9 Å². The average Bonchev–Trinajstić information content (AvgIpc) is 2.08. The Hall–Kier alpha value is -0.676. The largest absolute Gasteiger partial charge is 0.516 e. The molecule has 0 spiro atoms. The van der Waals surface area contributed by atoms with Crippen LogP contribution in [0.25, 0.3) is 0 Å². The number of nitro groups is 1. The first kappa shape index (κ1) is 13.3. The fraction of sp³-hybridized carbons (Fsp3) is 0.250. The Kier molecular flexibility index (Phi) is 5.01. The van der Waals surface area contributed by atoms with Crippen molar-refractivity contribution < 1.29 is 42.4 Å². The molecule has 1 rings (SSSR count). The topological polar surface area (TPSA) is 78.4 Å². The smallest absolute Gasteiger partial charge is 0.225 e. The van der Waals surface area contributed by atoms with Gasteiger partial charge in [0, 0.05) is 43.3 Å². The normalized spacial score (nSPS) is 9.00. The van der Waals surface area contributed by atoms with Crippen molar-refractivity contribution in [1.82, 2.24) is 0 Å². The zero-order valence-electron chi connectivity index (χ0n) is 7.90. The van der Waals surface area contributed by atoms with Gasteiger partial charge in [-0.3, -0.25) is 10.1 Å². The summed E-state index contributed by atoms with van der Waals surface area (Å²) in [5, 5.41) is 10.6. The Labute approximate surface area is 107 Å². The third-order valence-electron chi connectivity index (χ3n) is 1.70. The average molecular weight is 270 g/mol. The number of methoxy groups -OCH3 is 1. The second-order valence-electron chi connectivity index (χ2n) is 2.52. The summed E-state index contributed by atoms with van der Waals surface area (Å²) in [6.45, 7) is 1.68. The van der Waals surface area contributed by atoms with Gasteiger partial charge in [-0.1, -0.05) is 6.92 Å². The number of nitrogens with zero attached hydrogens (tertiary/aromatic N) is 1. The molecule has 0 heterocycles. The summed E-state index contributed by atoms with van der Waals surface area (Å²) in [6.07, 6.45) is 0. The first-order chi connectivity index (χ1) is 6.07. The molecule has 0 bridgehead atoms. The van der Waals surface area contributed by atoms with Crippen LogP contribution in [-0.4, -0.2) is 12.0 Å². The van der Waals surface area contributed by atoms with E-state index in [2.05, 4.69) is 6.07 Å². The molecule has 0 aliphatic rings. The Morgan fingerprint density at radius 3 is 2.64 bits per heavy atom. The van der Waals surface area contributed by atoms with Gasteiger partial charge in [0.2, 0.25) is 5.69 Å². The number of aryl methyl sites for hydroxylation is 1. The van der Waals surface area contributed by atoms with Crippen molar-refractivity contribution >= 4 is 11.4 Å². The van der Waals surface area contributed by atoms with Crippen molar-refractivity contribution in [1.29, 1.82) is 0 Å². The molecule has 1 aromatic rings. The molecule has 0 aromatic heterocycles. The standard InChI is InChI=1S/C8H9N2O3.Y/c1-5-3-4-6(13-2)8(7(5)9)10(11)12;/h3H,9H2,1-2H3;/q-1;. The van der Waals surface area contributed by atoms with Crippen molar-refractivity contribution in [2.24, 2.45) is 0 Å². The number of nitrogens with two attached hydrogens (primary N) is 1. The molecular weight excluding hydrogens is 261 g/mol. The molecule has 0 saturated carbocycles. The molecule has 5 nitrogen and oxygen atoms in total. The number of benzene rings is 1. The second-order valence-corrected chi connectivity index (χ2v) is 2.52. The minimum Gasteiger partial charge on any atom is -0.516 e. The molecular formula is C8H9N2O3Y-. The van der Waals surface area contributed by atoms with Crippen LogP contribution in [0.5, 0.6) is 5.75 Å². The number of hydrogen-bond acceptors (Lipinski definition) is 4. The summed E-state index contributed by atoms with van der Waals surface area (Å²) in [7, 11) is 1.34. The van der Waals surface area contributed by atoms with Crippen molar-refractivity contribution in [3.63, 3.8) is 0 Å². The van der Waals surface area contributed by atoms with Crippen molar-refractivity contribution in [3.05, 3.63) is 27.8 Å². The van der Waals surface area contributed by atoms with Gasteiger partial charge in [0.1, 0.15) is 0 Å². The van der Waals surface area contributed by atoms with Gasteiger partial charge < -0.3 is 10.5 Å². The number of rotatable bonds is 2. The molecule has 73 valence electrons. The second kappa shape index (κ2) is 5.27. The predicted molar refractivity (Wildman–Crippen MR) is 47.6 cm³/mol. The maximum Gasteiger partial charge on any atom is 0.225 e. The van der Waals surface area contributed by atoms with Crippen molar-refractivity contribution in [3.8, 4) is 5.75 Å². The van der Waals surface area contributed by atoms with Crippen molar-refractivity contribution in [2.75, 3.05) is 12.8 Å². The van der Waals surface area contributed by atoms with Gasteiger partial charge in [-0.2, -0.15) is 6.07 Å².